The zero-order chi connectivity index (χ0) is 12.5. The third kappa shape index (κ3) is 31.3. The second-order valence-electron chi connectivity index (χ2n) is 2.82. The minimum Gasteiger partial charge on any atom is -0.668 e. The summed E-state index contributed by atoms with van der Waals surface area (Å²) in [4.78, 5) is 0. The average Bonchev–Trinajstić information content (AvgIpc) is 3.00. The molecule has 0 N–H and O–H groups in total. The van der Waals surface area contributed by atoms with Gasteiger partial charge in [0.05, 0.1) is 0 Å². The molecule has 92 valence electrons. The van der Waals surface area contributed by atoms with Gasteiger partial charge in [0, 0.05) is 0 Å². The third-order valence-electron chi connectivity index (χ3n) is 1.11. The van der Waals surface area contributed by atoms with Crippen LogP contribution in [0, 0.1) is 0 Å². The van der Waals surface area contributed by atoms with Gasteiger partial charge in [-0.2, -0.15) is 64.6 Å². The summed E-state index contributed by atoms with van der Waals surface area (Å²) < 4.78 is 0. The van der Waals surface area contributed by atoms with E-state index in [1.54, 1.807) is 28.2 Å². The molecule has 0 unspecified atom stereocenters. The predicted molar refractivity (Wildman–Crippen MR) is 74.5 cm³/mol. The van der Waals surface area contributed by atoms with Crippen LogP contribution in [0.15, 0.2) is 60.7 Å². The van der Waals surface area contributed by atoms with Gasteiger partial charge < -0.3 is 10.6 Å². The quantitative estimate of drug-likeness (QED) is 0.657. The molecule has 0 saturated carbocycles. The van der Waals surface area contributed by atoms with E-state index in [1.165, 1.54) is 0 Å². The molecule has 0 fully saturated rings. The molecule has 0 spiro atoms. The molecule has 2 aromatic carbocycles. The monoisotopic (exact) mass is 308 g/mol. The number of rotatable bonds is 0. The maximum Gasteiger partial charge on any atom is 4.00 e. The van der Waals surface area contributed by atoms with E-state index in [-0.39, 0.29) is 26.2 Å². The second kappa shape index (κ2) is 24.6. The maximum absolute atomic E-state index is 3.50. The van der Waals surface area contributed by atoms with Crippen molar-refractivity contribution >= 4 is 0 Å². The molecule has 0 saturated heterocycles. The fraction of sp³-hybridized carbons (Fsp3) is 0.286. The van der Waals surface area contributed by atoms with Gasteiger partial charge in [-0.05, 0) is 0 Å². The molecule has 0 heterocycles. The molecule has 0 atom stereocenters. The number of hydrogen-bond acceptors (Lipinski definition) is 0. The van der Waals surface area contributed by atoms with Gasteiger partial charge in [0.25, 0.3) is 0 Å². The third-order valence-corrected chi connectivity index (χ3v) is 1.11. The van der Waals surface area contributed by atoms with E-state index >= 15 is 0 Å². The van der Waals surface area contributed by atoms with Crippen molar-refractivity contribution in [2.45, 2.75) is 0 Å². The van der Waals surface area contributed by atoms with Crippen molar-refractivity contribution < 1.29 is 26.2 Å². The van der Waals surface area contributed by atoms with Crippen LogP contribution in [0.2, 0.25) is 0 Å². The molecular weight excluding hydrogens is 287 g/mol. The molecule has 0 aromatic heterocycles. The van der Waals surface area contributed by atoms with E-state index in [2.05, 4.69) is 10.6 Å². The van der Waals surface area contributed by atoms with Crippen molar-refractivity contribution in [1.29, 1.82) is 0 Å². The molecule has 0 radical (unpaired) electrons. The molecule has 3 heteroatoms. The molecule has 0 bridgehead atoms. The van der Waals surface area contributed by atoms with E-state index in [0.717, 1.165) is 0 Å². The van der Waals surface area contributed by atoms with Crippen molar-refractivity contribution in [3.8, 4) is 0 Å². The van der Waals surface area contributed by atoms with E-state index in [1.807, 2.05) is 60.7 Å². The fourth-order valence-corrected chi connectivity index (χ4v) is 0.642. The van der Waals surface area contributed by atoms with E-state index < -0.39 is 0 Å². The Balaban J connectivity index is -0.000000157. The number of nitrogens with zero attached hydrogens (tertiary/aromatic N) is 2. The van der Waals surface area contributed by atoms with Gasteiger partial charge in [-0.25, -0.2) is 24.3 Å². The maximum atomic E-state index is 3.50. The average molecular weight is 310 g/mol. The van der Waals surface area contributed by atoms with Crippen LogP contribution in [0.4, 0.5) is 0 Å². The van der Waals surface area contributed by atoms with Crippen molar-refractivity contribution in [3.63, 3.8) is 0 Å². The first-order chi connectivity index (χ1) is 7.83. The summed E-state index contributed by atoms with van der Waals surface area (Å²) in [5.41, 5.74) is 0. The molecule has 2 nitrogen and oxygen atoms in total. The topological polar surface area (TPSA) is 28.2 Å². The van der Waals surface area contributed by atoms with E-state index in [9.17, 15) is 0 Å². The predicted octanol–water partition coefficient (Wildman–Crippen LogP) is 4.05. The van der Waals surface area contributed by atoms with Gasteiger partial charge in [0.2, 0.25) is 0 Å². The van der Waals surface area contributed by atoms with Gasteiger partial charge in [-0.15, -0.1) is 0 Å². The first-order valence-electron chi connectivity index (χ1n) is 5.12. The van der Waals surface area contributed by atoms with Crippen LogP contribution >= 0.6 is 0 Å². The first-order valence-corrected chi connectivity index (χ1v) is 5.12. The van der Waals surface area contributed by atoms with E-state index in [4.69, 9.17) is 0 Å². The van der Waals surface area contributed by atoms with Crippen molar-refractivity contribution in [3.05, 3.63) is 71.3 Å². The molecule has 2 rings (SSSR count). The smallest absolute Gasteiger partial charge is 0.668 e. The Labute approximate surface area is 125 Å². The summed E-state index contributed by atoms with van der Waals surface area (Å²) in [5, 5.41) is 7.00. The largest absolute Gasteiger partial charge is 4.00 e. The van der Waals surface area contributed by atoms with Gasteiger partial charge in [-0.3, -0.25) is 0 Å². The summed E-state index contributed by atoms with van der Waals surface area (Å²) in [6, 6.07) is 20.0. The van der Waals surface area contributed by atoms with Crippen LogP contribution < -0.4 is 0 Å². The Morgan fingerprint density at radius 2 is 0.765 bits per heavy atom. The van der Waals surface area contributed by atoms with Crippen molar-refractivity contribution in [2.75, 3.05) is 28.2 Å². The summed E-state index contributed by atoms with van der Waals surface area (Å²) in [6.45, 7) is 0. The Morgan fingerprint density at radius 1 is 0.588 bits per heavy atom. The molecule has 17 heavy (non-hydrogen) atoms. The molecule has 2 aromatic rings. The van der Waals surface area contributed by atoms with Gasteiger partial charge >= 0.3 is 26.2 Å². The molecule has 0 amide bonds. The minimum absolute atomic E-state index is 0. The standard InChI is InChI=1S/2C5H5.2C2H6N.Zr/c2*1-2-4-5-3-1;2*1-3-2;/h2*1-5H;2*1-2H3;/q4*-1;+4. The summed E-state index contributed by atoms with van der Waals surface area (Å²) in [5.74, 6) is 0. The van der Waals surface area contributed by atoms with Crippen LogP contribution in [-0.2, 0) is 26.2 Å². The Morgan fingerprint density at radius 3 is 0.824 bits per heavy atom. The molecular formula is C14H22N2Zr. The Kier molecular flexibility index (Phi) is 31.5. The van der Waals surface area contributed by atoms with Crippen molar-refractivity contribution in [1.82, 2.24) is 0 Å². The normalized spacial score (nSPS) is 6.82. The van der Waals surface area contributed by atoms with Gasteiger partial charge in [0.15, 0.2) is 0 Å². The first kappa shape index (κ1) is 21.8. The Bertz CT molecular complexity index is 176. The van der Waals surface area contributed by atoms with E-state index in [0.29, 0.717) is 0 Å². The molecule has 0 aliphatic heterocycles. The summed E-state index contributed by atoms with van der Waals surface area (Å²) in [6.07, 6.45) is 0. The minimum atomic E-state index is 0. The zero-order valence-corrected chi connectivity index (χ0v) is 13.6. The van der Waals surface area contributed by atoms with Crippen LogP contribution in [0.25, 0.3) is 10.6 Å². The van der Waals surface area contributed by atoms with Crippen LogP contribution in [0.3, 0.4) is 0 Å². The number of hydrogen-bond donors (Lipinski definition) is 0. The molecule has 0 aliphatic carbocycles. The zero-order valence-electron chi connectivity index (χ0n) is 11.2. The second-order valence-corrected chi connectivity index (χ2v) is 2.82. The van der Waals surface area contributed by atoms with Crippen LogP contribution in [0.5, 0.6) is 0 Å². The fourth-order valence-electron chi connectivity index (χ4n) is 0.642. The summed E-state index contributed by atoms with van der Waals surface area (Å²) in [7, 11) is 7.00. The van der Waals surface area contributed by atoms with Gasteiger partial charge in [0.1, 0.15) is 0 Å². The van der Waals surface area contributed by atoms with Gasteiger partial charge in [-0.1, -0.05) is 0 Å². The summed E-state index contributed by atoms with van der Waals surface area (Å²) >= 11 is 0. The SMILES string of the molecule is C[N-]C.C[N-]C.[Zr+4].c1cc[cH-]c1.c1cc[cH-]c1. The van der Waals surface area contributed by atoms with Crippen molar-refractivity contribution in [2.24, 2.45) is 0 Å². The van der Waals surface area contributed by atoms with Crippen LogP contribution in [0.1, 0.15) is 0 Å². The molecule has 0 aliphatic rings. The van der Waals surface area contributed by atoms with Crippen LogP contribution in [-0.4, -0.2) is 28.2 Å². The Hall–Kier alpha value is -0.497.